The smallest absolute Gasteiger partial charge is 0.123 e. The van der Waals surface area contributed by atoms with E-state index in [0.29, 0.717) is 27.8 Å². The van der Waals surface area contributed by atoms with E-state index in [2.05, 4.69) is 33.9 Å². The van der Waals surface area contributed by atoms with Gasteiger partial charge in [-0.3, -0.25) is 0 Å². The fraction of sp³-hybridized carbons (Fsp3) is 0.450. The van der Waals surface area contributed by atoms with Crippen LogP contribution in [0.2, 0.25) is 10.0 Å². The zero-order valence-corrected chi connectivity index (χ0v) is 22.0. The summed E-state index contributed by atoms with van der Waals surface area (Å²) in [5, 5.41) is 11.9. The molecule has 5 N–H and O–H groups in total. The molecule has 1 fully saturated rings. The fourth-order valence-corrected chi connectivity index (χ4v) is 4.04. The van der Waals surface area contributed by atoms with Crippen molar-refractivity contribution in [3.63, 3.8) is 0 Å². The predicted octanol–water partition coefficient (Wildman–Crippen LogP) is 4.48. The van der Waals surface area contributed by atoms with Gasteiger partial charge in [-0.25, -0.2) is 4.98 Å². The number of nitrogens with zero attached hydrogens (tertiary/aromatic N) is 1. The molecular weight excluding hydrogens is 523 g/mol. The van der Waals surface area contributed by atoms with Crippen LogP contribution in [-0.2, 0) is 13.0 Å². The van der Waals surface area contributed by atoms with E-state index in [4.69, 9.17) is 28.9 Å². The van der Waals surface area contributed by atoms with Gasteiger partial charge in [0.1, 0.15) is 5.82 Å². The maximum atomic E-state index is 6.20. The standard InChI is InChI=1S/C20H27Cl2N5.4ClH/c1-13-6-17(27-20(23)7-13)8-15-11-25-12-19(15)26-5-4-24-10-14-2-3-16(21)9-18(14)22;;;;/h2-3,6-7,9,15,19,24-26H,4-5,8,10-12H2,1H3,(H2,23,27);4*1H/t15-,19+;;;;/m0..../s1. The van der Waals surface area contributed by atoms with E-state index in [-0.39, 0.29) is 49.6 Å². The lowest BCUT2D eigenvalue weighted by molar-refractivity contribution is 0.419. The second-order valence-electron chi connectivity index (χ2n) is 7.16. The van der Waals surface area contributed by atoms with Crippen molar-refractivity contribution in [3.05, 3.63) is 57.2 Å². The number of hydrogen-bond donors (Lipinski definition) is 4. The molecule has 0 aliphatic carbocycles. The number of benzene rings is 1. The van der Waals surface area contributed by atoms with Crippen LogP contribution in [0.25, 0.3) is 0 Å². The Morgan fingerprint density at radius 2 is 1.81 bits per heavy atom. The predicted molar refractivity (Wildman–Crippen MR) is 142 cm³/mol. The number of pyridine rings is 1. The lowest BCUT2D eigenvalue weighted by Crippen LogP contribution is -2.40. The first-order valence-electron chi connectivity index (χ1n) is 9.33. The van der Waals surface area contributed by atoms with Crippen LogP contribution in [0, 0.1) is 12.8 Å². The Morgan fingerprint density at radius 1 is 1.06 bits per heavy atom. The second kappa shape index (κ2) is 16.4. The molecule has 178 valence electrons. The molecule has 2 atom stereocenters. The van der Waals surface area contributed by atoms with Crippen molar-refractivity contribution in [1.82, 2.24) is 20.9 Å². The molecule has 31 heavy (non-hydrogen) atoms. The Balaban J connectivity index is 0. The lowest BCUT2D eigenvalue weighted by Gasteiger charge is -2.20. The highest BCUT2D eigenvalue weighted by atomic mass is 35.5. The van der Waals surface area contributed by atoms with Crippen LogP contribution in [0.1, 0.15) is 16.8 Å². The van der Waals surface area contributed by atoms with Gasteiger partial charge in [0.2, 0.25) is 0 Å². The molecule has 2 heterocycles. The van der Waals surface area contributed by atoms with Crippen molar-refractivity contribution < 1.29 is 0 Å². The Labute approximate surface area is 219 Å². The van der Waals surface area contributed by atoms with Crippen molar-refractivity contribution in [2.24, 2.45) is 5.92 Å². The van der Waals surface area contributed by atoms with Gasteiger partial charge in [0.25, 0.3) is 0 Å². The number of hydrogen-bond acceptors (Lipinski definition) is 5. The fourth-order valence-electron chi connectivity index (χ4n) is 3.56. The van der Waals surface area contributed by atoms with Crippen molar-refractivity contribution in [2.75, 3.05) is 31.9 Å². The first kappa shape index (κ1) is 33.0. The van der Waals surface area contributed by atoms with Gasteiger partial charge < -0.3 is 21.7 Å². The zero-order valence-electron chi connectivity index (χ0n) is 17.2. The number of aryl methyl sites for hydroxylation is 1. The van der Waals surface area contributed by atoms with Crippen LogP contribution >= 0.6 is 72.8 Å². The summed E-state index contributed by atoms with van der Waals surface area (Å²) in [6.45, 7) is 6.55. The van der Waals surface area contributed by atoms with Crippen molar-refractivity contribution in [3.8, 4) is 0 Å². The van der Waals surface area contributed by atoms with Crippen LogP contribution in [0.15, 0.2) is 30.3 Å². The summed E-state index contributed by atoms with van der Waals surface area (Å²) in [6, 6.07) is 10.1. The van der Waals surface area contributed by atoms with E-state index in [0.717, 1.165) is 56.0 Å². The van der Waals surface area contributed by atoms with Crippen LogP contribution in [0.5, 0.6) is 0 Å². The molecule has 2 aromatic rings. The molecule has 0 radical (unpaired) electrons. The highest BCUT2D eigenvalue weighted by Gasteiger charge is 2.27. The number of nitrogen functional groups attached to an aromatic ring is 1. The first-order chi connectivity index (χ1) is 13.0. The van der Waals surface area contributed by atoms with Gasteiger partial charge in [0.15, 0.2) is 0 Å². The minimum Gasteiger partial charge on any atom is -0.384 e. The maximum absolute atomic E-state index is 6.20. The Bertz CT molecular complexity index is 759. The summed E-state index contributed by atoms with van der Waals surface area (Å²) in [7, 11) is 0. The number of nitrogens with two attached hydrogens (primary N) is 1. The number of nitrogens with one attached hydrogen (secondary N) is 3. The number of halogens is 6. The molecule has 0 spiro atoms. The van der Waals surface area contributed by atoms with Crippen LogP contribution < -0.4 is 21.7 Å². The van der Waals surface area contributed by atoms with Crippen molar-refractivity contribution in [2.45, 2.75) is 25.9 Å². The summed E-state index contributed by atoms with van der Waals surface area (Å²) >= 11 is 12.1. The summed E-state index contributed by atoms with van der Waals surface area (Å²) < 4.78 is 0. The molecule has 0 amide bonds. The third-order valence-corrected chi connectivity index (χ3v) is 5.48. The third kappa shape index (κ3) is 10.5. The summed E-state index contributed by atoms with van der Waals surface area (Å²) in [6.07, 6.45) is 0.935. The SMILES string of the molecule is Cc1cc(N)nc(C[C@H]2CNC[C@H]2NCCNCc2ccc(Cl)cc2Cl)c1.Cl.Cl.Cl.Cl. The van der Waals surface area contributed by atoms with Crippen LogP contribution in [0.3, 0.4) is 0 Å². The molecule has 0 bridgehead atoms. The first-order valence-corrected chi connectivity index (χ1v) is 10.1. The molecule has 0 saturated carbocycles. The monoisotopic (exact) mass is 551 g/mol. The molecule has 1 aliphatic rings. The van der Waals surface area contributed by atoms with Gasteiger partial charge in [-0.2, -0.15) is 0 Å². The van der Waals surface area contributed by atoms with E-state index in [1.807, 2.05) is 18.2 Å². The largest absolute Gasteiger partial charge is 0.384 e. The average Bonchev–Trinajstić information content (AvgIpc) is 3.02. The average molecular weight is 554 g/mol. The molecule has 1 aliphatic heterocycles. The molecule has 1 aromatic carbocycles. The van der Waals surface area contributed by atoms with Gasteiger partial charge in [0, 0.05) is 48.0 Å². The van der Waals surface area contributed by atoms with Gasteiger partial charge in [-0.15, -0.1) is 49.6 Å². The minimum atomic E-state index is 0. The summed E-state index contributed by atoms with van der Waals surface area (Å²) in [4.78, 5) is 4.48. The van der Waals surface area contributed by atoms with Crippen LogP contribution in [-0.4, -0.2) is 37.2 Å². The maximum Gasteiger partial charge on any atom is 0.123 e. The molecule has 5 nitrogen and oxygen atoms in total. The number of rotatable bonds is 8. The third-order valence-electron chi connectivity index (χ3n) is 4.89. The zero-order chi connectivity index (χ0) is 19.2. The van der Waals surface area contributed by atoms with E-state index in [1.165, 1.54) is 0 Å². The van der Waals surface area contributed by atoms with E-state index >= 15 is 0 Å². The van der Waals surface area contributed by atoms with Crippen LogP contribution in [0.4, 0.5) is 5.82 Å². The van der Waals surface area contributed by atoms with Gasteiger partial charge >= 0.3 is 0 Å². The quantitative estimate of drug-likeness (QED) is 0.363. The van der Waals surface area contributed by atoms with E-state index in [9.17, 15) is 0 Å². The molecule has 3 rings (SSSR count). The molecule has 1 aromatic heterocycles. The van der Waals surface area contributed by atoms with E-state index in [1.54, 1.807) is 6.07 Å². The molecule has 11 heteroatoms. The normalized spacial score (nSPS) is 17.0. The highest BCUT2D eigenvalue weighted by molar-refractivity contribution is 6.35. The topological polar surface area (TPSA) is 75.0 Å². The molecule has 0 unspecified atom stereocenters. The van der Waals surface area contributed by atoms with Crippen molar-refractivity contribution in [1.29, 1.82) is 0 Å². The summed E-state index contributed by atoms with van der Waals surface area (Å²) in [5.74, 6) is 1.12. The number of anilines is 1. The van der Waals surface area contributed by atoms with Crippen molar-refractivity contribution >= 4 is 78.6 Å². The molecule has 1 saturated heterocycles. The molecular formula is C20H31Cl6N5. The Hall–Kier alpha value is -0.210. The van der Waals surface area contributed by atoms with Gasteiger partial charge in [-0.05, 0) is 61.2 Å². The Morgan fingerprint density at radius 3 is 2.48 bits per heavy atom. The van der Waals surface area contributed by atoms with Gasteiger partial charge in [-0.1, -0.05) is 29.3 Å². The second-order valence-corrected chi connectivity index (χ2v) is 8.00. The lowest BCUT2D eigenvalue weighted by atomic mass is 9.97. The minimum absolute atomic E-state index is 0. The Kier molecular flexibility index (Phi) is 17.5. The number of aromatic nitrogens is 1. The van der Waals surface area contributed by atoms with E-state index < -0.39 is 0 Å². The van der Waals surface area contributed by atoms with Gasteiger partial charge in [0.05, 0.1) is 0 Å². The highest BCUT2D eigenvalue weighted by Crippen LogP contribution is 2.20. The summed E-state index contributed by atoms with van der Waals surface area (Å²) in [5.41, 5.74) is 9.18.